The first-order chi connectivity index (χ1) is 9.16. The molecule has 0 radical (unpaired) electrons. The van der Waals surface area contributed by atoms with Crippen LogP contribution in [0.3, 0.4) is 0 Å². The zero-order valence-corrected chi connectivity index (χ0v) is 14.0. The summed E-state index contributed by atoms with van der Waals surface area (Å²) in [7, 11) is 0. The van der Waals surface area contributed by atoms with Gasteiger partial charge in [0, 0.05) is 6.61 Å². The molecule has 0 fully saturated rings. The van der Waals surface area contributed by atoms with Gasteiger partial charge in [0.05, 0.1) is 11.7 Å². The Bertz CT molecular complexity index is 231. The molecule has 3 nitrogen and oxygen atoms in total. The van der Waals surface area contributed by atoms with Gasteiger partial charge in [-0.05, 0) is 44.9 Å². The molecule has 0 heterocycles. The van der Waals surface area contributed by atoms with E-state index in [0.717, 1.165) is 57.8 Å². The van der Waals surface area contributed by atoms with E-state index in [0.29, 0.717) is 0 Å². The van der Waals surface area contributed by atoms with E-state index in [-0.39, 0.29) is 18.1 Å². The molecule has 0 aromatic rings. The van der Waals surface area contributed by atoms with Crippen LogP contribution in [0.5, 0.6) is 0 Å². The average molecular weight is 288 g/mol. The molecule has 0 aliphatic carbocycles. The Balaban J connectivity index is 3.44. The molecule has 0 amide bonds. The summed E-state index contributed by atoms with van der Waals surface area (Å²) in [6.45, 7) is 8.07. The third-order valence-electron chi connectivity index (χ3n) is 3.89. The number of unbranched alkanes of at least 4 members (excludes halogenated alkanes) is 3. The van der Waals surface area contributed by atoms with Crippen LogP contribution in [0.2, 0.25) is 0 Å². The van der Waals surface area contributed by atoms with E-state index >= 15 is 0 Å². The maximum Gasteiger partial charge on any atom is 0.0591 e. The van der Waals surface area contributed by atoms with Gasteiger partial charge in [-0.2, -0.15) is 0 Å². The smallest absolute Gasteiger partial charge is 0.0591 e. The quantitative estimate of drug-likeness (QED) is 0.480. The number of aliphatic hydroxyl groups is 3. The van der Waals surface area contributed by atoms with Crippen molar-refractivity contribution in [1.82, 2.24) is 0 Å². The molecule has 1 atom stereocenters. The molecule has 3 heteroatoms. The first-order valence-electron chi connectivity index (χ1n) is 8.18. The topological polar surface area (TPSA) is 60.7 Å². The average Bonchev–Trinajstić information content (AvgIpc) is 2.33. The summed E-state index contributed by atoms with van der Waals surface area (Å²) in [6.07, 6.45) is 8.66. The second-order valence-corrected chi connectivity index (χ2v) is 7.63. The van der Waals surface area contributed by atoms with Crippen molar-refractivity contribution in [2.45, 2.75) is 97.2 Å². The molecule has 0 aliphatic rings. The SMILES string of the molecule is CC(C)(O)CCCCCC(O)CCCCC(C)(C)CO. The summed E-state index contributed by atoms with van der Waals surface area (Å²) in [4.78, 5) is 0. The Labute approximate surface area is 125 Å². The van der Waals surface area contributed by atoms with Crippen molar-refractivity contribution in [3.8, 4) is 0 Å². The van der Waals surface area contributed by atoms with Gasteiger partial charge in [-0.15, -0.1) is 0 Å². The van der Waals surface area contributed by atoms with Crippen LogP contribution in [-0.4, -0.2) is 33.6 Å². The summed E-state index contributed by atoms with van der Waals surface area (Å²) in [5, 5.41) is 28.6. The Morgan fingerprint density at radius 3 is 1.80 bits per heavy atom. The van der Waals surface area contributed by atoms with Gasteiger partial charge >= 0.3 is 0 Å². The van der Waals surface area contributed by atoms with Gasteiger partial charge in [-0.1, -0.05) is 46.0 Å². The molecule has 1 unspecified atom stereocenters. The van der Waals surface area contributed by atoms with Crippen LogP contribution < -0.4 is 0 Å². The lowest BCUT2D eigenvalue weighted by atomic mass is 9.87. The van der Waals surface area contributed by atoms with Crippen LogP contribution >= 0.6 is 0 Å². The fraction of sp³-hybridized carbons (Fsp3) is 1.00. The van der Waals surface area contributed by atoms with Crippen LogP contribution in [0, 0.1) is 5.41 Å². The summed E-state index contributed by atoms with van der Waals surface area (Å²) < 4.78 is 0. The first kappa shape index (κ1) is 19.9. The number of hydrogen-bond acceptors (Lipinski definition) is 3. The minimum absolute atomic E-state index is 0.0159. The number of hydrogen-bond donors (Lipinski definition) is 3. The number of aliphatic hydroxyl groups excluding tert-OH is 2. The molecule has 0 saturated heterocycles. The summed E-state index contributed by atoms with van der Waals surface area (Å²) in [5.41, 5.74) is -0.541. The van der Waals surface area contributed by atoms with E-state index < -0.39 is 5.60 Å². The summed E-state index contributed by atoms with van der Waals surface area (Å²) in [5.74, 6) is 0. The van der Waals surface area contributed by atoms with E-state index in [9.17, 15) is 10.2 Å². The van der Waals surface area contributed by atoms with Crippen molar-refractivity contribution >= 4 is 0 Å². The van der Waals surface area contributed by atoms with Crippen molar-refractivity contribution in [3.63, 3.8) is 0 Å². The third kappa shape index (κ3) is 12.9. The molecule has 20 heavy (non-hydrogen) atoms. The van der Waals surface area contributed by atoms with Crippen LogP contribution in [0.1, 0.15) is 85.5 Å². The molecule has 0 bridgehead atoms. The maximum atomic E-state index is 9.90. The third-order valence-corrected chi connectivity index (χ3v) is 3.89. The minimum atomic E-state index is -0.557. The highest BCUT2D eigenvalue weighted by atomic mass is 16.3. The molecule has 122 valence electrons. The molecule has 0 saturated carbocycles. The fourth-order valence-corrected chi connectivity index (χ4v) is 2.32. The van der Waals surface area contributed by atoms with Crippen molar-refractivity contribution in [1.29, 1.82) is 0 Å². The summed E-state index contributed by atoms with van der Waals surface area (Å²) in [6, 6.07) is 0. The molecular weight excluding hydrogens is 252 g/mol. The van der Waals surface area contributed by atoms with E-state index in [1.54, 1.807) is 0 Å². The fourth-order valence-electron chi connectivity index (χ4n) is 2.32. The highest BCUT2D eigenvalue weighted by Gasteiger charge is 2.16. The van der Waals surface area contributed by atoms with Gasteiger partial charge in [-0.25, -0.2) is 0 Å². The normalized spacial score (nSPS) is 14.6. The molecule has 0 aromatic heterocycles. The monoisotopic (exact) mass is 288 g/mol. The lowest BCUT2D eigenvalue weighted by Crippen LogP contribution is -2.17. The molecular formula is C17H36O3. The van der Waals surface area contributed by atoms with Gasteiger partial charge in [-0.3, -0.25) is 0 Å². The van der Waals surface area contributed by atoms with E-state index in [2.05, 4.69) is 13.8 Å². The van der Waals surface area contributed by atoms with Crippen LogP contribution in [0.15, 0.2) is 0 Å². The van der Waals surface area contributed by atoms with Crippen LogP contribution in [0.4, 0.5) is 0 Å². The Hall–Kier alpha value is -0.120. The second kappa shape index (κ2) is 9.75. The Morgan fingerprint density at radius 2 is 1.30 bits per heavy atom. The molecule has 0 rings (SSSR count). The van der Waals surface area contributed by atoms with Crippen molar-refractivity contribution < 1.29 is 15.3 Å². The molecule has 0 aliphatic heterocycles. The maximum absolute atomic E-state index is 9.90. The highest BCUT2D eigenvalue weighted by molar-refractivity contribution is 4.68. The Morgan fingerprint density at radius 1 is 0.800 bits per heavy atom. The second-order valence-electron chi connectivity index (χ2n) is 7.63. The Kier molecular flexibility index (Phi) is 9.69. The van der Waals surface area contributed by atoms with Crippen LogP contribution in [0.25, 0.3) is 0 Å². The molecule has 3 N–H and O–H groups in total. The van der Waals surface area contributed by atoms with Crippen molar-refractivity contribution in [2.24, 2.45) is 5.41 Å². The zero-order chi connectivity index (χ0) is 15.6. The first-order valence-corrected chi connectivity index (χ1v) is 8.18. The van der Waals surface area contributed by atoms with Crippen LogP contribution in [-0.2, 0) is 0 Å². The lowest BCUT2D eigenvalue weighted by molar-refractivity contribution is 0.0675. The molecule has 0 aromatic carbocycles. The van der Waals surface area contributed by atoms with Gasteiger partial charge in [0.2, 0.25) is 0 Å². The van der Waals surface area contributed by atoms with Gasteiger partial charge in [0.1, 0.15) is 0 Å². The largest absolute Gasteiger partial charge is 0.396 e. The van der Waals surface area contributed by atoms with Crippen molar-refractivity contribution in [2.75, 3.05) is 6.61 Å². The lowest BCUT2D eigenvalue weighted by Gasteiger charge is -2.21. The van der Waals surface area contributed by atoms with Crippen molar-refractivity contribution in [3.05, 3.63) is 0 Å². The predicted octanol–water partition coefficient (Wildman–Crippen LogP) is 3.65. The minimum Gasteiger partial charge on any atom is -0.396 e. The summed E-state index contributed by atoms with van der Waals surface area (Å²) >= 11 is 0. The predicted molar refractivity (Wildman–Crippen MR) is 84.7 cm³/mol. The van der Waals surface area contributed by atoms with Gasteiger partial charge < -0.3 is 15.3 Å². The molecule has 0 spiro atoms. The van der Waals surface area contributed by atoms with Gasteiger partial charge in [0.25, 0.3) is 0 Å². The van der Waals surface area contributed by atoms with Gasteiger partial charge in [0.15, 0.2) is 0 Å². The standard InChI is InChI=1S/C17H36O3/c1-16(2,14-18)12-9-7-11-15(19)10-6-5-8-13-17(3,4)20/h15,18-20H,5-14H2,1-4H3. The van der Waals surface area contributed by atoms with E-state index in [1.165, 1.54) is 0 Å². The zero-order valence-electron chi connectivity index (χ0n) is 14.0. The van der Waals surface area contributed by atoms with E-state index in [1.807, 2.05) is 13.8 Å². The number of rotatable bonds is 12. The highest BCUT2D eigenvalue weighted by Crippen LogP contribution is 2.23. The van der Waals surface area contributed by atoms with E-state index in [4.69, 9.17) is 5.11 Å².